The lowest BCUT2D eigenvalue weighted by Gasteiger charge is -2.37. The third-order valence-corrected chi connectivity index (χ3v) is 19.0. The summed E-state index contributed by atoms with van der Waals surface area (Å²) in [7, 11) is 0. The standard InChI is InChI=1S/C82H52N2/c1-4-20-53(21-5-1)54-38-40-60(41-39-54)83(62-42-45-67-66-32-14-17-36-74(66)82(77(67)51-62)72-34-15-12-30-64(72)65-31-13-16-35-73(65)82)61-43-46-68-69-47-44-63(52-76(69)81(75(68)50-61,58-26-6-2-7-27-58)59-28-8-3-9-29-59)84-78-37-19-25-55-24-18-33-70(80(55)78)71-48-56-22-10-11-23-57(56)49-79(71)84/h1-52H. The van der Waals surface area contributed by atoms with Gasteiger partial charge < -0.3 is 9.80 Å². The second-order valence-corrected chi connectivity index (χ2v) is 23.0. The molecule has 0 fully saturated rings. The van der Waals surface area contributed by atoms with Crippen LogP contribution < -0.4 is 9.80 Å². The van der Waals surface area contributed by atoms with Crippen LogP contribution in [0.4, 0.5) is 34.1 Å². The summed E-state index contributed by atoms with van der Waals surface area (Å²) in [4.78, 5) is 5.05. The van der Waals surface area contributed by atoms with Gasteiger partial charge in [-0.05, 0) is 177 Å². The van der Waals surface area contributed by atoms with E-state index in [-0.39, 0.29) is 0 Å². The zero-order chi connectivity index (χ0) is 55.1. The molecule has 0 saturated heterocycles. The molecule has 1 heterocycles. The van der Waals surface area contributed by atoms with Crippen molar-refractivity contribution in [3.8, 4) is 55.6 Å². The van der Waals surface area contributed by atoms with Crippen LogP contribution in [0.2, 0.25) is 0 Å². The third kappa shape index (κ3) is 6.40. The molecule has 2 nitrogen and oxygen atoms in total. The molecule has 0 saturated carbocycles. The van der Waals surface area contributed by atoms with E-state index >= 15 is 0 Å². The van der Waals surface area contributed by atoms with Gasteiger partial charge in [-0.15, -0.1) is 0 Å². The molecule has 0 bridgehead atoms. The monoisotopic (exact) mass is 1060 g/mol. The van der Waals surface area contributed by atoms with E-state index in [2.05, 4.69) is 325 Å². The predicted molar refractivity (Wildman–Crippen MR) is 349 cm³/mol. The van der Waals surface area contributed by atoms with Crippen molar-refractivity contribution >= 4 is 55.7 Å². The van der Waals surface area contributed by atoms with Crippen LogP contribution in [0.1, 0.15) is 44.5 Å². The normalized spacial score (nSPS) is 13.9. The lowest BCUT2D eigenvalue weighted by atomic mass is 9.67. The fourth-order valence-electron chi connectivity index (χ4n) is 15.6. The van der Waals surface area contributed by atoms with Gasteiger partial charge >= 0.3 is 0 Å². The fraction of sp³-hybridized carbons (Fsp3) is 0.0244. The summed E-state index contributed by atoms with van der Waals surface area (Å²) in [5.74, 6) is 0. The molecule has 4 aliphatic rings. The van der Waals surface area contributed by atoms with Crippen LogP contribution in [0.5, 0.6) is 0 Å². The SMILES string of the molecule is c1ccc(-c2ccc(N(c3ccc4c(c3)C(c3ccccc3)(c3ccccc3)c3cc(N5c6cc7ccccc7cc6-c6cccc7cccc5c67)ccc3-4)c3ccc4c(c3)C3(c5ccccc5-c5ccccc53)c3ccccc3-4)cc2)cc1. The molecule has 0 N–H and O–H groups in total. The first-order chi connectivity index (χ1) is 41.7. The highest BCUT2D eigenvalue weighted by Crippen LogP contribution is 2.64. The third-order valence-electron chi connectivity index (χ3n) is 19.0. The van der Waals surface area contributed by atoms with Crippen molar-refractivity contribution in [2.75, 3.05) is 9.80 Å². The van der Waals surface area contributed by atoms with Crippen LogP contribution in [0.15, 0.2) is 315 Å². The summed E-state index contributed by atoms with van der Waals surface area (Å²) >= 11 is 0. The largest absolute Gasteiger partial charge is 0.310 e. The van der Waals surface area contributed by atoms with Crippen LogP contribution in [-0.2, 0) is 10.8 Å². The van der Waals surface area contributed by atoms with E-state index in [1.807, 2.05) is 0 Å². The number of hydrogen-bond donors (Lipinski definition) is 0. The average Bonchev–Trinajstić information content (AvgIpc) is 1.69. The molecule has 14 aromatic rings. The Morgan fingerprint density at radius 3 is 1.26 bits per heavy atom. The van der Waals surface area contributed by atoms with E-state index in [4.69, 9.17) is 0 Å². The molecule has 0 atom stereocenters. The number of hydrogen-bond acceptors (Lipinski definition) is 2. The molecule has 0 radical (unpaired) electrons. The zero-order valence-corrected chi connectivity index (χ0v) is 45.9. The molecule has 390 valence electrons. The van der Waals surface area contributed by atoms with Gasteiger partial charge in [-0.3, -0.25) is 0 Å². The Hall–Kier alpha value is -10.8. The summed E-state index contributed by atoms with van der Waals surface area (Å²) in [6.07, 6.45) is 0. The van der Waals surface area contributed by atoms with Crippen molar-refractivity contribution in [1.82, 2.24) is 0 Å². The molecular formula is C82H52N2. The van der Waals surface area contributed by atoms with Gasteiger partial charge in [0.25, 0.3) is 0 Å². The van der Waals surface area contributed by atoms with Gasteiger partial charge in [0.05, 0.1) is 22.2 Å². The molecule has 84 heavy (non-hydrogen) atoms. The van der Waals surface area contributed by atoms with E-state index in [0.29, 0.717) is 0 Å². The predicted octanol–water partition coefficient (Wildman–Crippen LogP) is 21.3. The molecule has 1 aliphatic heterocycles. The van der Waals surface area contributed by atoms with E-state index < -0.39 is 10.8 Å². The minimum Gasteiger partial charge on any atom is -0.310 e. The molecule has 18 rings (SSSR count). The number of nitrogens with zero attached hydrogens (tertiary/aromatic N) is 2. The van der Waals surface area contributed by atoms with E-state index in [9.17, 15) is 0 Å². The van der Waals surface area contributed by atoms with Crippen molar-refractivity contribution in [3.05, 3.63) is 360 Å². The molecular weight excluding hydrogens is 1010 g/mol. The number of benzene rings is 14. The van der Waals surface area contributed by atoms with Gasteiger partial charge in [0, 0.05) is 33.7 Å². The van der Waals surface area contributed by atoms with Crippen LogP contribution >= 0.6 is 0 Å². The Labute approximate surface area is 489 Å². The van der Waals surface area contributed by atoms with Crippen LogP contribution in [0.25, 0.3) is 77.2 Å². The minimum absolute atomic E-state index is 0.499. The molecule has 0 aromatic heterocycles. The van der Waals surface area contributed by atoms with E-state index in [0.717, 1.165) is 22.7 Å². The highest BCUT2D eigenvalue weighted by molar-refractivity contribution is 6.16. The molecule has 0 unspecified atom stereocenters. The zero-order valence-electron chi connectivity index (χ0n) is 45.9. The lowest BCUT2D eigenvalue weighted by molar-refractivity contribution is 0.768. The quantitative estimate of drug-likeness (QED) is 0.157. The first-order valence-corrected chi connectivity index (χ1v) is 29.3. The van der Waals surface area contributed by atoms with Gasteiger partial charge in [-0.2, -0.15) is 0 Å². The topological polar surface area (TPSA) is 6.48 Å². The Bertz CT molecular complexity index is 4910. The average molecular weight is 1070 g/mol. The van der Waals surface area contributed by atoms with E-state index in [1.165, 1.54) is 133 Å². The maximum Gasteiger partial charge on any atom is 0.0726 e. The maximum atomic E-state index is 2.54. The number of fused-ring (bicyclic) bond motifs is 16. The molecule has 3 aliphatic carbocycles. The molecule has 2 heteroatoms. The van der Waals surface area contributed by atoms with Crippen molar-refractivity contribution in [3.63, 3.8) is 0 Å². The van der Waals surface area contributed by atoms with Gasteiger partial charge in [-0.1, -0.05) is 249 Å². The van der Waals surface area contributed by atoms with Gasteiger partial charge in [0.1, 0.15) is 0 Å². The molecule has 0 amide bonds. The highest BCUT2D eigenvalue weighted by Gasteiger charge is 2.52. The van der Waals surface area contributed by atoms with Crippen LogP contribution in [-0.4, -0.2) is 0 Å². The summed E-state index contributed by atoms with van der Waals surface area (Å²) in [6, 6.07) is 119. The van der Waals surface area contributed by atoms with Crippen molar-refractivity contribution in [2.24, 2.45) is 0 Å². The first kappa shape index (κ1) is 46.9. The van der Waals surface area contributed by atoms with Crippen molar-refractivity contribution in [1.29, 1.82) is 0 Å². The maximum absolute atomic E-state index is 2.54. The Balaban J connectivity index is 0.881. The number of rotatable bonds is 7. The second kappa shape index (κ2) is 17.8. The summed E-state index contributed by atoms with van der Waals surface area (Å²) in [5, 5.41) is 4.96. The van der Waals surface area contributed by atoms with E-state index in [1.54, 1.807) is 0 Å². The summed E-state index contributed by atoms with van der Waals surface area (Å²) < 4.78 is 0. The number of anilines is 6. The molecule has 1 spiro atoms. The second-order valence-electron chi connectivity index (χ2n) is 23.0. The van der Waals surface area contributed by atoms with Crippen LogP contribution in [0.3, 0.4) is 0 Å². The van der Waals surface area contributed by atoms with Gasteiger partial charge in [0.15, 0.2) is 0 Å². The summed E-state index contributed by atoms with van der Waals surface area (Å²) in [6.45, 7) is 0. The van der Waals surface area contributed by atoms with Gasteiger partial charge in [0.2, 0.25) is 0 Å². The minimum atomic E-state index is -0.713. The Morgan fingerprint density at radius 2 is 0.667 bits per heavy atom. The Kier molecular flexibility index (Phi) is 9.97. The highest BCUT2D eigenvalue weighted by atomic mass is 15.2. The van der Waals surface area contributed by atoms with Crippen LogP contribution in [0, 0.1) is 0 Å². The summed E-state index contributed by atoms with van der Waals surface area (Å²) in [5.41, 5.74) is 28.3. The lowest BCUT2D eigenvalue weighted by Crippen LogP contribution is -2.29. The van der Waals surface area contributed by atoms with Crippen molar-refractivity contribution < 1.29 is 0 Å². The first-order valence-electron chi connectivity index (χ1n) is 29.3. The Morgan fingerprint density at radius 1 is 0.238 bits per heavy atom. The van der Waals surface area contributed by atoms with Gasteiger partial charge in [-0.25, -0.2) is 0 Å². The fourth-order valence-corrected chi connectivity index (χ4v) is 15.6. The molecule has 14 aromatic carbocycles. The smallest absolute Gasteiger partial charge is 0.0726 e. The van der Waals surface area contributed by atoms with Crippen molar-refractivity contribution in [2.45, 2.75) is 10.8 Å².